The van der Waals surface area contributed by atoms with E-state index in [0.29, 0.717) is 31.3 Å². The fourth-order valence-electron chi connectivity index (χ4n) is 3.92. The Labute approximate surface area is 190 Å². The minimum atomic E-state index is -4.93. The van der Waals surface area contributed by atoms with E-state index >= 15 is 0 Å². The van der Waals surface area contributed by atoms with Crippen LogP contribution >= 0.6 is 0 Å². The molecule has 34 heavy (non-hydrogen) atoms. The van der Waals surface area contributed by atoms with Crippen LogP contribution in [-0.2, 0) is 22.1 Å². The van der Waals surface area contributed by atoms with Gasteiger partial charge in [0.05, 0.1) is 29.9 Å². The fourth-order valence-corrected chi connectivity index (χ4v) is 3.92. The van der Waals surface area contributed by atoms with Gasteiger partial charge in [-0.3, -0.25) is 10.1 Å². The number of nitro groups is 1. The molecule has 3 aromatic rings. The normalized spacial score (nSPS) is 14.1. The van der Waals surface area contributed by atoms with Crippen LogP contribution in [0.3, 0.4) is 0 Å². The summed E-state index contributed by atoms with van der Waals surface area (Å²) in [5.41, 5.74) is -1.58. The van der Waals surface area contributed by atoms with Crippen LogP contribution in [0.5, 0.6) is 5.75 Å². The van der Waals surface area contributed by atoms with Gasteiger partial charge in [0, 0.05) is 11.1 Å². The molecule has 178 valence electrons. The number of aliphatic hydroxyl groups is 1. The first-order valence-corrected chi connectivity index (χ1v) is 10.1. The molecule has 1 aliphatic rings. The number of esters is 1. The number of alkyl halides is 3. The van der Waals surface area contributed by atoms with Gasteiger partial charge in [0.1, 0.15) is 18.1 Å². The summed E-state index contributed by atoms with van der Waals surface area (Å²) in [5, 5.41) is 25.7. The molecule has 0 aliphatic carbocycles. The lowest BCUT2D eigenvalue weighted by atomic mass is 9.88. The van der Waals surface area contributed by atoms with Crippen molar-refractivity contribution >= 4 is 11.7 Å². The van der Waals surface area contributed by atoms with Crippen molar-refractivity contribution < 1.29 is 37.5 Å². The summed E-state index contributed by atoms with van der Waals surface area (Å²) in [5.74, 6) is -0.718. The number of hydrogen-bond acceptors (Lipinski definition) is 7. The van der Waals surface area contributed by atoms with Crippen molar-refractivity contribution in [2.24, 2.45) is 0 Å². The van der Waals surface area contributed by atoms with Crippen LogP contribution in [0.25, 0.3) is 16.8 Å². The molecule has 1 unspecified atom stereocenters. The van der Waals surface area contributed by atoms with Crippen molar-refractivity contribution in [3.8, 4) is 22.6 Å². The van der Waals surface area contributed by atoms with Crippen molar-refractivity contribution in [2.75, 3.05) is 13.7 Å². The molecule has 2 heterocycles. The number of benzene rings is 2. The Balaban J connectivity index is 2.06. The average molecular weight is 477 g/mol. The Morgan fingerprint density at radius 3 is 2.74 bits per heavy atom. The van der Waals surface area contributed by atoms with Crippen LogP contribution in [-0.4, -0.2) is 39.5 Å². The summed E-state index contributed by atoms with van der Waals surface area (Å²) in [7, 11) is 0.940. The Kier molecular flexibility index (Phi) is 6.00. The molecule has 1 aromatic heterocycles. The SMILES string of the molecule is COC(=O)C(O)c1c(C(F)(F)F)ccc(-n2cc([N+](=O)[O-])cn2)c1-c1ccc2c(c1)CCCO2. The van der Waals surface area contributed by atoms with Crippen molar-refractivity contribution in [3.05, 3.63) is 69.5 Å². The number of carbonyl (C=O) groups excluding carboxylic acids is 1. The van der Waals surface area contributed by atoms with Gasteiger partial charge in [-0.2, -0.15) is 18.3 Å². The second-order valence-electron chi connectivity index (χ2n) is 7.52. The number of fused-ring (bicyclic) bond motifs is 1. The third kappa shape index (κ3) is 4.19. The van der Waals surface area contributed by atoms with E-state index in [9.17, 15) is 33.2 Å². The Morgan fingerprint density at radius 2 is 2.09 bits per heavy atom. The van der Waals surface area contributed by atoms with Crippen molar-refractivity contribution in [3.63, 3.8) is 0 Å². The third-order valence-electron chi connectivity index (χ3n) is 5.45. The summed E-state index contributed by atoms with van der Waals surface area (Å²) in [6.07, 6.45) is -3.92. The van der Waals surface area contributed by atoms with Crippen molar-refractivity contribution in [1.82, 2.24) is 9.78 Å². The maximum Gasteiger partial charge on any atom is 0.416 e. The number of aromatic nitrogens is 2. The number of aryl methyl sites for hydroxylation is 1. The topological polar surface area (TPSA) is 117 Å². The van der Waals surface area contributed by atoms with Crippen molar-refractivity contribution in [1.29, 1.82) is 0 Å². The second-order valence-corrected chi connectivity index (χ2v) is 7.52. The first kappa shape index (κ1) is 23.2. The lowest BCUT2D eigenvalue weighted by Crippen LogP contribution is -2.21. The Morgan fingerprint density at radius 1 is 1.32 bits per heavy atom. The van der Waals surface area contributed by atoms with Gasteiger partial charge in [-0.25, -0.2) is 9.48 Å². The summed E-state index contributed by atoms with van der Waals surface area (Å²) < 4.78 is 53.1. The predicted molar refractivity (Wildman–Crippen MR) is 111 cm³/mol. The number of methoxy groups -OCH3 is 1. The molecular weight excluding hydrogens is 459 g/mol. The van der Waals surface area contributed by atoms with Gasteiger partial charge in [0.15, 0.2) is 6.10 Å². The van der Waals surface area contributed by atoms with Crippen LogP contribution in [0.2, 0.25) is 0 Å². The van der Waals surface area contributed by atoms with Crippen LogP contribution < -0.4 is 4.74 Å². The number of aliphatic hydroxyl groups excluding tert-OH is 1. The Bertz CT molecular complexity index is 1270. The van der Waals surface area contributed by atoms with E-state index in [4.69, 9.17) is 4.74 Å². The van der Waals surface area contributed by atoms with E-state index in [0.717, 1.165) is 35.8 Å². The average Bonchev–Trinajstić information content (AvgIpc) is 3.32. The number of hydrogen-bond donors (Lipinski definition) is 1. The van der Waals surface area contributed by atoms with Gasteiger partial charge in [-0.15, -0.1) is 0 Å². The van der Waals surface area contributed by atoms with E-state index in [1.807, 2.05) is 0 Å². The minimum Gasteiger partial charge on any atom is -0.493 e. The van der Waals surface area contributed by atoms with Crippen LogP contribution in [0.1, 0.15) is 29.2 Å². The molecule has 1 N–H and O–H groups in total. The van der Waals surface area contributed by atoms with Gasteiger partial charge in [-0.05, 0) is 48.2 Å². The van der Waals surface area contributed by atoms with Gasteiger partial charge in [-0.1, -0.05) is 6.07 Å². The molecule has 0 saturated carbocycles. The molecule has 1 aliphatic heterocycles. The van der Waals surface area contributed by atoms with Gasteiger partial charge >= 0.3 is 17.8 Å². The largest absolute Gasteiger partial charge is 0.493 e. The van der Waals surface area contributed by atoms with E-state index in [-0.39, 0.29) is 22.5 Å². The maximum atomic E-state index is 14.0. The molecule has 9 nitrogen and oxygen atoms in total. The van der Waals surface area contributed by atoms with E-state index < -0.39 is 34.3 Å². The van der Waals surface area contributed by atoms with Crippen LogP contribution in [0.15, 0.2) is 42.7 Å². The zero-order valence-corrected chi connectivity index (χ0v) is 17.7. The fraction of sp³-hybridized carbons (Fsp3) is 0.273. The minimum absolute atomic E-state index is 0.00395. The van der Waals surface area contributed by atoms with Gasteiger partial charge < -0.3 is 14.6 Å². The molecule has 12 heteroatoms. The zero-order chi connectivity index (χ0) is 24.6. The molecule has 0 fully saturated rings. The molecule has 0 bridgehead atoms. The molecule has 0 saturated heterocycles. The van der Waals surface area contributed by atoms with E-state index in [2.05, 4.69) is 9.84 Å². The lowest BCUT2D eigenvalue weighted by Gasteiger charge is -2.24. The first-order valence-electron chi connectivity index (χ1n) is 10.1. The van der Waals surface area contributed by atoms with Gasteiger partial charge in [0.2, 0.25) is 0 Å². The predicted octanol–water partition coefficient (Wildman–Crippen LogP) is 4.00. The highest BCUT2D eigenvalue weighted by molar-refractivity contribution is 5.86. The molecule has 0 radical (unpaired) electrons. The zero-order valence-electron chi connectivity index (χ0n) is 17.7. The van der Waals surface area contributed by atoms with Crippen LogP contribution in [0, 0.1) is 10.1 Å². The first-order chi connectivity index (χ1) is 16.1. The van der Waals surface area contributed by atoms with E-state index in [1.165, 1.54) is 6.07 Å². The molecule has 4 rings (SSSR count). The summed E-state index contributed by atoms with van der Waals surface area (Å²) in [6.45, 7) is 0.504. The Hall–Kier alpha value is -3.93. The number of halogens is 3. The number of carbonyl (C=O) groups is 1. The monoisotopic (exact) mass is 477 g/mol. The highest BCUT2D eigenvalue weighted by Crippen LogP contribution is 2.44. The summed E-state index contributed by atoms with van der Waals surface area (Å²) in [4.78, 5) is 22.6. The maximum absolute atomic E-state index is 14.0. The molecule has 1 atom stereocenters. The molecule has 2 aromatic carbocycles. The molecule has 0 amide bonds. The number of ether oxygens (including phenoxy) is 2. The molecular formula is C22H18F3N3O6. The highest BCUT2D eigenvalue weighted by Gasteiger charge is 2.40. The standard InChI is InChI=1S/C22H18F3N3O6/c1-33-21(30)20(29)19-15(22(23,24)25)5-6-16(27-11-14(10-26-27)28(31)32)18(19)13-4-7-17-12(9-13)3-2-8-34-17/h4-7,9-11,20,29H,2-3,8H2,1H3. The van der Waals surface area contributed by atoms with Crippen LogP contribution in [0.4, 0.5) is 18.9 Å². The quantitative estimate of drug-likeness (QED) is 0.335. The van der Waals surface area contributed by atoms with Crippen molar-refractivity contribution in [2.45, 2.75) is 25.1 Å². The smallest absolute Gasteiger partial charge is 0.416 e. The van der Waals surface area contributed by atoms with E-state index in [1.54, 1.807) is 12.1 Å². The lowest BCUT2D eigenvalue weighted by molar-refractivity contribution is -0.384. The molecule has 0 spiro atoms. The highest BCUT2D eigenvalue weighted by atomic mass is 19.4. The number of rotatable bonds is 5. The second kappa shape index (κ2) is 8.78. The number of nitrogens with zero attached hydrogens (tertiary/aromatic N) is 3. The van der Waals surface area contributed by atoms with Gasteiger partial charge in [0.25, 0.3) is 0 Å². The summed E-state index contributed by atoms with van der Waals surface area (Å²) in [6, 6.07) is 6.47. The summed E-state index contributed by atoms with van der Waals surface area (Å²) >= 11 is 0. The third-order valence-corrected chi connectivity index (χ3v) is 5.45.